The number of nitrogens with zero attached hydrogens (tertiary/aromatic N) is 3. The normalized spacial score (nSPS) is 25.8. The van der Waals surface area contributed by atoms with Crippen molar-refractivity contribution >= 4 is 5.91 Å². The van der Waals surface area contributed by atoms with Crippen LogP contribution in [0.4, 0.5) is 0 Å². The van der Waals surface area contributed by atoms with E-state index >= 15 is 0 Å². The highest BCUT2D eigenvalue weighted by Gasteiger charge is 2.32. The van der Waals surface area contributed by atoms with Gasteiger partial charge in [0.25, 0.3) is 0 Å². The maximum Gasteiger partial charge on any atom is 0.236 e. The summed E-state index contributed by atoms with van der Waals surface area (Å²) in [4.78, 5) is 18.7. The number of carbonyl (C=O) groups excluding carboxylic acids is 1. The second-order valence-corrected chi connectivity index (χ2v) is 7.13. The number of likely N-dealkylation sites (N-methyl/N-ethyl adjacent to an activating group) is 1. The minimum atomic E-state index is 0.225. The van der Waals surface area contributed by atoms with E-state index in [1.54, 1.807) is 4.90 Å². The number of amides is 1. The van der Waals surface area contributed by atoms with E-state index in [9.17, 15) is 4.79 Å². The minimum Gasteiger partial charge on any atom is -0.348 e. The van der Waals surface area contributed by atoms with E-state index in [2.05, 4.69) is 23.6 Å². The summed E-state index contributed by atoms with van der Waals surface area (Å²) in [6, 6.07) is 0.605. The lowest BCUT2D eigenvalue weighted by Gasteiger charge is -2.34. The van der Waals surface area contributed by atoms with Crippen molar-refractivity contribution in [1.29, 1.82) is 0 Å². The van der Waals surface area contributed by atoms with Crippen LogP contribution in [0, 0.1) is 11.8 Å². The van der Waals surface area contributed by atoms with E-state index in [4.69, 9.17) is 0 Å². The molecule has 2 rings (SSSR count). The van der Waals surface area contributed by atoms with Crippen LogP contribution >= 0.6 is 0 Å². The zero-order valence-electron chi connectivity index (χ0n) is 13.6. The van der Waals surface area contributed by atoms with Gasteiger partial charge in [-0.25, -0.2) is 0 Å². The molecule has 0 aromatic heterocycles. The van der Waals surface area contributed by atoms with Crippen LogP contribution in [0.5, 0.6) is 0 Å². The van der Waals surface area contributed by atoms with Crippen LogP contribution in [0.2, 0.25) is 0 Å². The van der Waals surface area contributed by atoms with Gasteiger partial charge in [-0.3, -0.25) is 14.6 Å². The highest BCUT2D eigenvalue weighted by atomic mass is 16.2. The van der Waals surface area contributed by atoms with Gasteiger partial charge < -0.3 is 4.90 Å². The Morgan fingerprint density at radius 1 is 1.25 bits per heavy atom. The van der Waals surface area contributed by atoms with E-state index < -0.39 is 0 Å². The van der Waals surface area contributed by atoms with Crippen molar-refractivity contribution in [2.75, 3.05) is 46.8 Å². The van der Waals surface area contributed by atoms with Crippen LogP contribution in [-0.4, -0.2) is 73.5 Å². The summed E-state index contributed by atoms with van der Waals surface area (Å²) < 4.78 is 0. The van der Waals surface area contributed by atoms with Crippen molar-refractivity contribution < 1.29 is 4.79 Å². The Labute approximate surface area is 124 Å². The van der Waals surface area contributed by atoms with E-state index in [1.807, 2.05) is 14.1 Å². The molecule has 2 fully saturated rings. The second-order valence-electron chi connectivity index (χ2n) is 7.13. The molecule has 0 N–H and O–H groups in total. The molecule has 0 bridgehead atoms. The predicted molar refractivity (Wildman–Crippen MR) is 82.7 cm³/mol. The molecule has 4 nitrogen and oxygen atoms in total. The fourth-order valence-electron chi connectivity index (χ4n) is 3.10. The van der Waals surface area contributed by atoms with Gasteiger partial charge in [0.2, 0.25) is 5.91 Å². The average Bonchev–Trinajstić information content (AvgIpc) is 3.18. The summed E-state index contributed by atoms with van der Waals surface area (Å²) >= 11 is 0. The van der Waals surface area contributed by atoms with Crippen LogP contribution in [0.15, 0.2) is 0 Å². The second kappa shape index (κ2) is 6.90. The molecule has 0 radical (unpaired) electrons. The van der Waals surface area contributed by atoms with Crippen molar-refractivity contribution in [2.24, 2.45) is 11.8 Å². The first-order valence-electron chi connectivity index (χ1n) is 8.14. The van der Waals surface area contributed by atoms with E-state index in [1.165, 1.54) is 32.4 Å². The predicted octanol–water partition coefficient (Wildman–Crippen LogP) is 1.52. The summed E-state index contributed by atoms with van der Waals surface area (Å²) in [6.45, 7) is 9.80. The zero-order valence-corrected chi connectivity index (χ0v) is 13.6. The lowest BCUT2D eigenvalue weighted by atomic mass is 10.0. The van der Waals surface area contributed by atoms with Gasteiger partial charge in [-0.15, -0.1) is 0 Å². The molecule has 1 atom stereocenters. The van der Waals surface area contributed by atoms with Gasteiger partial charge in [-0.05, 0) is 44.2 Å². The fourth-order valence-corrected chi connectivity index (χ4v) is 3.10. The van der Waals surface area contributed by atoms with Gasteiger partial charge in [0.05, 0.1) is 6.54 Å². The van der Waals surface area contributed by atoms with Gasteiger partial charge in [0.15, 0.2) is 0 Å². The molecule has 0 spiro atoms. The third kappa shape index (κ3) is 4.45. The Bertz CT molecular complexity index is 326. The highest BCUT2D eigenvalue weighted by molar-refractivity contribution is 5.77. The van der Waals surface area contributed by atoms with E-state index in [-0.39, 0.29) is 5.91 Å². The first-order chi connectivity index (χ1) is 9.47. The first-order valence-corrected chi connectivity index (χ1v) is 8.14. The fraction of sp³-hybridized carbons (Fsp3) is 0.938. The standard InChI is InChI=1S/C16H31N3O/c1-13(2)15-11-18(12-16(20)17(3)4)8-5-9-19(15)10-14-6-7-14/h13-15H,5-12H2,1-4H3. The Kier molecular flexibility index (Phi) is 5.44. The average molecular weight is 281 g/mol. The monoisotopic (exact) mass is 281 g/mol. The number of carbonyl (C=O) groups is 1. The Balaban J connectivity index is 1.95. The zero-order chi connectivity index (χ0) is 14.7. The smallest absolute Gasteiger partial charge is 0.236 e. The van der Waals surface area contributed by atoms with Crippen molar-refractivity contribution in [3.63, 3.8) is 0 Å². The molecule has 116 valence electrons. The molecule has 1 amide bonds. The van der Waals surface area contributed by atoms with E-state index in [0.717, 1.165) is 19.0 Å². The lowest BCUT2D eigenvalue weighted by molar-refractivity contribution is -0.130. The Hall–Kier alpha value is -0.610. The summed E-state index contributed by atoms with van der Waals surface area (Å²) in [5.74, 6) is 1.83. The molecule has 4 heteroatoms. The quantitative estimate of drug-likeness (QED) is 0.764. The lowest BCUT2D eigenvalue weighted by Crippen LogP contribution is -2.47. The molecular formula is C16H31N3O. The summed E-state index contributed by atoms with van der Waals surface area (Å²) in [7, 11) is 3.69. The van der Waals surface area contributed by atoms with Crippen LogP contribution in [0.3, 0.4) is 0 Å². The molecule has 1 saturated carbocycles. The molecule has 0 aromatic carbocycles. The molecule has 1 unspecified atom stereocenters. The van der Waals surface area contributed by atoms with Crippen molar-refractivity contribution in [3.05, 3.63) is 0 Å². The van der Waals surface area contributed by atoms with Gasteiger partial charge in [0.1, 0.15) is 0 Å². The van der Waals surface area contributed by atoms with Crippen LogP contribution in [0.25, 0.3) is 0 Å². The summed E-state index contributed by atoms with van der Waals surface area (Å²) in [6.07, 6.45) is 4.03. The van der Waals surface area contributed by atoms with Crippen molar-refractivity contribution in [3.8, 4) is 0 Å². The maximum atomic E-state index is 11.9. The van der Waals surface area contributed by atoms with Gasteiger partial charge in [-0.1, -0.05) is 13.8 Å². The number of hydrogen-bond acceptors (Lipinski definition) is 3. The van der Waals surface area contributed by atoms with E-state index in [0.29, 0.717) is 18.5 Å². The van der Waals surface area contributed by atoms with Crippen LogP contribution in [0.1, 0.15) is 33.1 Å². The van der Waals surface area contributed by atoms with Gasteiger partial charge in [0, 0.05) is 33.2 Å². The van der Waals surface area contributed by atoms with Gasteiger partial charge >= 0.3 is 0 Å². The molecular weight excluding hydrogens is 250 g/mol. The first kappa shape index (κ1) is 15.8. The van der Waals surface area contributed by atoms with Crippen molar-refractivity contribution in [2.45, 2.75) is 39.2 Å². The molecule has 1 aliphatic heterocycles. The Morgan fingerprint density at radius 3 is 2.50 bits per heavy atom. The van der Waals surface area contributed by atoms with Crippen molar-refractivity contribution in [1.82, 2.24) is 14.7 Å². The summed E-state index contributed by atoms with van der Waals surface area (Å²) in [5, 5.41) is 0. The Morgan fingerprint density at radius 2 is 1.95 bits per heavy atom. The summed E-state index contributed by atoms with van der Waals surface area (Å²) in [5.41, 5.74) is 0. The van der Waals surface area contributed by atoms with Gasteiger partial charge in [-0.2, -0.15) is 0 Å². The molecule has 20 heavy (non-hydrogen) atoms. The molecule has 1 saturated heterocycles. The van der Waals surface area contributed by atoms with Crippen LogP contribution in [-0.2, 0) is 4.79 Å². The maximum absolute atomic E-state index is 11.9. The molecule has 1 heterocycles. The largest absolute Gasteiger partial charge is 0.348 e. The third-order valence-corrected chi connectivity index (χ3v) is 4.65. The molecule has 2 aliphatic rings. The topological polar surface area (TPSA) is 26.8 Å². The van der Waals surface area contributed by atoms with Crippen LogP contribution < -0.4 is 0 Å². The highest BCUT2D eigenvalue weighted by Crippen LogP contribution is 2.31. The SMILES string of the molecule is CC(C)C1CN(CC(=O)N(C)C)CCCN1CC1CC1. The minimum absolute atomic E-state index is 0.225. The number of rotatable bonds is 5. The third-order valence-electron chi connectivity index (χ3n) is 4.65. The molecule has 1 aliphatic carbocycles. The molecule has 0 aromatic rings. The number of hydrogen-bond donors (Lipinski definition) is 0.